The van der Waals surface area contributed by atoms with Gasteiger partial charge in [-0.15, -0.1) is 6.42 Å². The molecule has 0 spiro atoms. The van der Waals surface area contributed by atoms with Gasteiger partial charge in [0.25, 0.3) is 0 Å². The number of rotatable bonds is 4. The monoisotopic (exact) mass is 261 g/mol. The summed E-state index contributed by atoms with van der Waals surface area (Å²) in [6.07, 6.45) is 4.03. The van der Waals surface area contributed by atoms with E-state index in [0.29, 0.717) is 12.3 Å². The molecule has 0 aliphatic carbocycles. The highest BCUT2D eigenvalue weighted by Gasteiger charge is 2.10. The van der Waals surface area contributed by atoms with Gasteiger partial charge in [-0.1, -0.05) is 5.92 Å². The molecule has 0 fully saturated rings. The van der Waals surface area contributed by atoms with Crippen LogP contribution in [0.25, 0.3) is 0 Å². The first-order valence-corrected chi connectivity index (χ1v) is 6.15. The number of aryl methyl sites for hydroxylation is 2. The number of hydrogen-bond donors (Lipinski definition) is 1. The molecule has 1 aromatic carbocycles. The first kappa shape index (κ1) is 14.9. The molecule has 1 amide bonds. The quantitative estimate of drug-likeness (QED) is 0.846. The molecule has 0 aromatic heterocycles. The topological polar surface area (TPSA) is 47.6 Å². The van der Waals surface area contributed by atoms with Crippen molar-refractivity contribution in [2.24, 2.45) is 0 Å². The average molecular weight is 261 g/mol. The van der Waals surface area contributed by atoms with Crippen molar-refractivity contribution < 1.29 is 14.3 Å². The molecule has 0 aliphatic rings. The molecule has 1 N–H and O–H groups in total. The molecule has 0 radical (unpaired) electrons. The van der Waals surface area contributed by atoms with Gasteiger partial charge in [0.05, 0.1) is 6.61 Å². The summed E-state index contributed by atoms with van der Waals surface area (Å²) in [6.45, 7) is 8.03. The Labute approximate surface area is 114 Å². The fourth-order valence-electron chi connectivity index (χ4n) is 1.74. The van der Waals surface area contributed by atoms with E-state index < -0.39 is 12.2 Å². The lowest BCUT2D eigenvalue weighted by Crippen LogP contribution is -2.19. The van der Waals surface area contributed by atoms with E-state index in [4.69, 9.17) is 15.9 Å². The molecule has 1 aromatic rings. The maximum atomic E-state index is 11.6. The summed E-state index contributed by atoms with van der Waals surface area (Å²) in [6, 6.07) is 3.67. The molecule has 4 nitrogen and oxygen atoms in total. The van der Waals surface area contributed by atoms with E-state index in [0.717, 1.165) is 16.9 Å². The van der Waals surface area contributed by atoms with E-state index in [9.17, 15) is 4.79 Å². The van der Waals surface area contributed by atoms with Gasteiger partial charge < -0.3 is 9.47 Å². The second kappa shape index (κ2) is 6.69. The van der Waals surface area contributed by atoms with Crippen molar-refractivity contribution in [1.29, 1.82) is 0 Å². The van der Waals surface area contributed by atoms with Crippen LogP contribution in [0.1, 0.15) is 25.0 Å². The zero-order valence-electron chi connectivity index (χ0n) is 11.7. The zero-order chi connectivity index (χ0) is 14.4. The van der Waals surface area contributed by atoms with Gasteiger partial charge in [0, 0.05) is 5.69 Å². The number of amides is 1. The Balaban J connectivity index is 2.81. The van der Waals surface area contributed by atoms with Crippen LogP contribution in [0.15, 0.2) is 12.1 Å². The van der Waals surface area contributed by atoms with E-state index >= 15 is 0 Å². The maximum absolute atomic E-state index is 11.6. The number of terminal acetylenes is 1. The second-order valence-corrected chi connectivity index (χ2v) is 4.21. The third kappa shape index (κ3) is 4.22. The van der Waals surface area contributed by atoms with Crippen molar-refractivity contribution in [1.82, 2.24) is 0 Å². The van der Waals surface area contributed by atoms with Crippen LogP contribution >= 0.6 is 0 Å². The number of hydrogen-bond acceptors (Lipinski definition) is 3. The lowest BCUT2D eigenvalue weighted by atomic mass is 10.1. The number of carbonyl (C=O) groups is 1. The van der Waals surface area contributed by atoms with Gasteiger partial charge in [0.2, 0.25) is 0 Å². The molecule has 0 aliphatic heterocycles. The number of carbonyl (C=O) groups excluding carboxylic acids is 1. The van der Waals surface area contributed by atoms with Gasteiger partial charge in [-0.3, -0.25) is 5.32 Å². The van der Waals surface area contributed by atoms with Crippen LogP contribution in [0, 0.1) is 26.2 Å². The number of ether oxygens (including phenoxy) is 2. The Morgan fingerprint density at radius 3 is 2.47 bits per heavy atom. The van der Waals surface area contributed by atoms with Gasteiger partial charge in [0.15, 0.2) is 6.10 Å². The lowest BCUT2D eigenvalue weighted by Gasteiger charge is -2.14. The first-order valence-electron chi connectivity index (χ1n) is 6.15. The lowest BCUT2D eigenvalue weighted by molar-refractivity contribution is 0.145. The van der Waals surface area contributed by atoms with Crippen LogP contribution in [0.5, 0.6) is 5.75 Å². The summed E-state index contributed by atoms with van der Waals surface area (Å²) >= 11 is 0. The fraction of sp³-hybridized carbons (Fsp3) is 0.400. The molecule has 1 rings (SSSR count). The van der Waals surface area contributed by atoms with Crippen LogP contribution in [-0.2, 0) is 4.74 Å². The fourth-order valence-corrected chi connectivity index (χ4v) is 1.74. The normalized spacial score (nSPS) is 11.3. The van der Waals surface area contributed by atoms with Crippen LogP contribution < -0.4 is 10.1 Å². The third-order valence-corrected chi connectivity index (χ3v) is 2.51. The molecule has 0 heterocycles. The molecule has 0 saturated heterocycles. The summed E-state index contributed by atoms with van der Waals surface area (Å²) in [5.41, 5.74) is 2.58. The van der Waals surface area contributed by atoms with Gasteiger partial charge >= 0.3 is 6.09 Å². The number of nitrogens with one attached hydrogen (secondary N) is 1. The molecule has 0 saturated carbocycles. The van der Waals surface area contributed by atoms with Gasteiger partial charge in [0.1, 0.15) is 5.75 Å². The summed E-state index contributed by atoms with van der Waals surface area (Å²) in [5, 5.41) is 2.65. The number of benzene rings is 1. The van der Waals surface area contributed by atoms with E-state index in [1.54, 1.807) is 6.92 Å². The molecule has 1 unspecified atom stereocenters. The Kier molecular flexibility index (Phi) is 5.25. The van der Waals surface area contributed by atoms with Crippen molar-refractivity contribution in [3.05, 3.63) is 23.3 Å². The minimum Gasteiger partial charge on any atom is -0.493 e. The van der Waals surface area contributed by atoms with Crippen molar-refractivity contribution in [3.8, 4) is 18.1 Å². The van der Waals surface area contributed by atoms with E-state index in [1.807, 2.05) is 32.9 Å². The third-order valence-electron chi connectivity index (χ3n) is 2.51. The summed E-state index contributed by atoms with van der Waals surface area (Å²) < 4.78 is 10.5. The minimum atomic E-state index is -0.562. The minimum absolute atomic E-state index is 0.551. The molecule has 4 heteroatoms. The SMILES string of the molecule is C#CC(C)OC(=O)Nc1cc(C)c(OCC)c(C)c1. The van der Waals surface area contributed by atoms with Crippen molar-refractivity contribution >= 4 is 11.8 Å². The first-order chi connectivity index (χ1) is 8.97. The molecule has 19 heavy (non-hydrogen) atoms. The molecular formula is C15H19NO3. The Morgan fingerprint density at radius 1 is 1.42 bits per heavy atom. The Morgan fingerprint density at radius 2 is 2.00 bits per heavy atom. The van der Waals surface area contributed by atoms with E-state index in [1.165, 1.54) is 0 Å². The summed E-state index contributed by atoms with van der Waals surface area (Å²) in [7, 11) is 0. The highest BCUT2D eigenvalue weighted by Crippen LogP contribution is 2.27. The standard InChI is InChI=1S/C15H19NO3/c1-6-12(5)19-15(17)16-13-8-10(3)14(18-7-2)11(4)9-13/h1,8-9,12H,7H2,2-5H3,(H,16,17). The van der Waals surface area contributed by atoms with Crippen LogP contribution in [0.2, 0.25) is 0 Å². The average Bonchev–Trinajstić information content (AvgIpc) is 2.33. The largest absolute Gasteiger partial charge is 0.493 e. The summed E-state index contributed by atoms with van der Waals surface area (Å²) in [4.78, 5) is 11.6. The molecular weight excluding hydrogens is 242 g/mol. The van der Waals surface area contributed by atoms with Crippen LogP contribution in [-0.4, -0.2) is 18.8 Å². The Hall–Kier alpha value is -2.15. The van der Waals surface area contributed by atoms with Gasteiger partial charge in [-0.25, -0.2) is 4.79 Å². The predicted molar refractivity (Wildman–Crippen MR) is 75.5 cm³/mol. The van der Waals surface area contributed by atoms with E-state index in [-0.39, 0.29) is 0 Å². The van der Waals surface area contributed by atoms with Crippen molar-refractivity contribution in [3.63, 3.8) is 0 Å². The zero-order valence-corrected chi connectivity index (χ0v) is 11.7. The maximum Gasteiger partial charge on any atom is 0.412 e. The molecule has 102 valence electrons. The van der Waals surface area contributed by atoms with Crippen LogP contribution in [0.4, 0.5) is 10.5 Å². The number of anilines is 1. The second-order valence-electron chi connectivity index (χ2n) is 4.21. The van der Waals surface area contributed by atoms with Crippen molar-refractivity contribution in [2.75, 3.05) is 11.9 Å². The Bertz CT molecular complexity index is 480. The summed E-state index contributed by atoms with van der Waals surface area (Å²) in [5.74, 6) is 3.17. The molecule has 1 atom stereocenters. The smallest absolute Gasteiger partial charge is 0.412 e. The van der Waals surface area contributed by atoms with Gasteiger partial charge in [-0.05, 0) is 51.0 Å². The van der Waals surface area contributed by atoms with Crippen molar-refractivity contribution in [2.45, 2.75) is 33.8 Å². The van der Waals surface area contributed by atoms with E-state index in [2.05, 4.69) is 11.2 Å². The predicted octanol–water partition coefficient (Wildman–Crippen LogP) is 3.27. The van der Waals surface area contributed by atoms with Gasteiger partial charge in [-0.2, -0.15) is 0 Å². The van der Waals surface area contributed by atoms with Crippen LogP contribution in [0.3, 0.4) is 0 Å². The molecule has 0 bridgehead atoms. The highest BCUT2D eigenvalue weighted by molar-refractivity contribution is 5.85. The highest BCUT2D eigenvalue weighted by atomic mass is 16.6.